The number of nitrogens with one attached hydrogen (secondary N) is 1. The highest BCUT2D eigenvalue weighted by molar-refractivity contribution is 5.17. The van der Waals surface area contributed by atoms with E-state index in [0.717, 1.165) is 36.4 Å². The van der Waals surface area contributed by atoms with Crippen LogP contribution in [0.25, 0.3) is 0 Å². The summed E-state index contributed by atoms with van der Waals surface area (Å²) in [6.45, 7) is 3.79. The summed E-state index contributed by atoms with van der Waals surface area (Å²) in [6.07, 6.45) is 5.04. The van der Waals surface area contributed by atoms with E-state index in [4.69, 9.17) is 4.42 Å². The van der Waals surface area contributed by atoms with Crippen LogP contribution >= 0.6 is 0 Å². The van der Waals surface area contributed by atoms with E-state index in [1.807, 2.05) is 24.0 Å². The second-order valence-electron chi connectivity index (χ2n) is 5.18. The molecule has 18 heavy (non-hydrogen) atoms. The van der Waals surface area contributed by atoms with E-state index in [1.165, 1.54) is 6.42 Å². The molecule has 3 rings (SSSR count). The zero-order valence-corrected chi connectivity index (χ0v) is 10.9. The summed E-state index contributed by atoms with van der Waals surface area (Å²) in [4.78, 5) is 4.27. The normalized spacial score (nSPS) is 22.3. The van der Waals surface area contributed by atoms with Gasteiger partial charge in [0.1, 0.15) is 17.3 Å². The Bertz CT molecular complexity index is 529. The Morgan fingerprint density at radius 3 is 2.94 bits per heavy atom. The molecule has 1 fully saturated rings. The molecule has 1 aliphatic carbocycles. The van der Waals surface area contributed by atoms with Crippen LogP contribution < -0.4 is 5.32 Å². The fraction of sp³-hybridized carbons (Fsp3) is 0.500. The van der Waals surface area contributed by atoms with Gasteiger partial charge in [0.2, 0.25) is 0 Å². The van der Waals surface area contributed by atoms with Crippen molar-refractivity contribution in [1.29, 1.82) is 0 Å². The first-order valence-corrected chi connectivity index (χ1v) is 6.49. The largest absolute Gasteiger partial charge is 0.464 e. The highest BCUT2D eigenvalue weighted by Gasteiger charge is 2.36. The molecule has 0 spiro atoms. The first kappa shape index (κ1) is 11.5. The van der Waals surface area contributed by atoms with Crippen molar-refractivity contribution >= 4 is 0 Å². The molecule has 2 unspecified atom stereocenters. The second kappa shape index (κ2) is 4.61. The predicted octanol–water partition coefficient (Wildman–Crippen LogP) is 2.43. The number of imidazole rings is 1. The maximum Gasteiger partial charge on any atom is 0.122 e. The summed E-state index contributed by atoms with van der Waals surface area (Å²) in [7, 11) is 2.00. The molecule has 2 aromatic rings. The van der Waals surface area contributed by atoms with Gasteiger partial charge < -0.3 is 14.3 Å². The second-order valence-corrected chi connectivity index (χ2v) is 5.18. The van der Waals surface area contributed by atoms with E-state index in [0.29, 0.717) is 5.92 Å². The number of rotatable bonds is 5. The van der Waals surface area contributed by atoms with E-state index < -0.39 is 0 Å². The lowest BCUT2D eigenvalue weighted by molar-refractivity contribution is 0.441. The van der Waals surface area contributed by atoms with Gasteiger partial charge in [-0.3, -0.25) is 0 Å². The van der Waals surface area contributed by atoms with Gasteiger partial charge >= 0.3 is 0 Å². The maximum absolute atomic E-state index is 5.84. The van der Waals surface area contributed by atoms with Crippen molar-refractivity contribution in [2.45, 2.75) is 32.4 Å². The average molecular weight is 245 g/mol. The monoisotopic (exact) mass is 245 g/mol. The molecule has 0 aliphatic heterocycles. The van der Waals surface area contributed by atoms with Gasteiger partial charge in [-0.05, 0) is 24.5 Å². The molecule has 0 aromatic carbocycles. The van der Waals surface area contributed by atoms with Gasteiger partial charge in [-0.15, -0.1) is 0 Å². The fourth-order valence-corrected chi connectivity index (χ4v) is 2.27. The summed E-state index contributed by atoms with van der Waals surface area (Å²) in [6, 6.07) is 4.19. The van der Waals surface area contributed by atoms with Crippen molar-refractivity contribution in [1.82, 2.24) is 14.9 Å². The van der Waals surface area contributed by atoms with Gasteiger partial charge in [-0.25, -0.2) is 4.98 Å². The lowest BCUT2D eigenvalue weighted by Gasteiger charge is -2.03. The summed E-state index contributed by atoms with van der Waals surface area (Å²) in [5.41, 5.74) is 0. The number of furan rings is 1. The van der Waals surface area contributed by atoms with Gasteiger partial charge in [0.05, 0.1) is 13.1 Å². The van der Waals surface area contributed by atoms with Crippen LogP contribution in [-0.2, 0) is 20.1 Å². The standard InChI is InChI=1S/C14H19N3O/c1-10-7-12(10)13-4-3-11(18-13)8-15-9-14-16-5-6-17(14)2/h3-6,10,12,15H,7-9H2,1-2H3. The van der Waals surface area contributed by atoms with Crippen LogP contribution in [0.15, 0.2) is 28.9 Å². The minimum Gasteiger partial charge on any atom is -0.464 e. The van der Waals surface area contributed by atoms with Crippen LogP contribution in [0.4, 0.5) is 0 Å². The molecule has 0 amide bonds. The third-order valence-electron chi connectivity index (χ3n) is 3.66. The molecule has 2 heterocycles. The van der Waals surface area contributed by atoms with Gasteiger partial charge in [0.25, 0.3) is 0 Å². The summed E-state index contributed by atoms with van der Waals surface area (Å²) < 4.78 is 7.86. The summed E-state index contributed by atoms with van der Waals surface area (Å²) in [5.74, 6) is 4.66. The minimum atomic E-state index is 0.660. The number of nitrogens with zero attached hydrogens (tertiary/aromatic N) is 2. The zero-order valence-electron chi connectivity index (χ0n) is 10.9. The number of aromatic nitrogens is 2. The van der Waals surface area contributed by atoms with Crippen molar-refractivity contribution in [3.63, 3.8) is 0 Å². The Morgan fingerprint density at radius 1 is 1.44 bits per heavy atom. The lowest BCUT2D eigenvalue weighted by Crippen LogP contribution is -2.15. The predicted molar refractivity (Wildman–Crippen MR) is 69.0 cm³/mol. The van der Waals surface area contributed by atoms with Gasteiger partial charge in [-0.1, -0.05) is 6.92 Å². The molecule has 2 aromatic heterocycles. The van der Waals surface area contributed by atoms with E-state index in [2.05, 4.69) is 29.4 Å². The van der Waals surface area contributed by atoms with Crippen molar-refractivity contribution in [2.24, 2.45) is 13.0 Å². The SMILES string of the molecule is CC1CC1c1ccc(CNCc2nccn2C)o1. The van der Waals surface area contributed by atoms with E-state index in [1.54, 1.807) is 0 Å². The molecule has 0 radical (unpaired) electrons. The van der Waals surface area contributed by atoms with Gasteiger partial charge in [0.15, 0.2) is 0 Å². The zero-order chi connectivity index (χ0) is 12.5. The third kappa shape index (κ3) is 2.34. The van der Waals surface area contributed by atoms with Crippen LogP contribution in [0.3, 0.4) is 0 Å². The van der Waals surface area contributed by atoms with Crippen molar-refractivity contribution < 1.29 is 4.42 Å². The highest BCUT2D eigenvalue weighted by Crippen LogP contribution is 2.47. The molecule has 4 nitrogen and oxygen atoms in total. The molecule has 4 heteroatoms. The molecule has 0 saturated heterocycles. The van der Waals surface area contributed by atoms with Crippen LogP contribution in [0.5, 0.6) is 0 Å². The maximum atomic E-state index is 5.84. The fourth-order valence-electron chi connectivity index (χ4n) is 2.27. The Kier molecular flexibility index (Phi) is 2.96. The minimum absolute atomic E-state index is 0.660. The molecule has 96 valence electrons. The van der Waals surface area contributed by atoms with Crippen LogP contribution in [0.1, 0.15) is 36.6 Å². The molecule has 1 saturated carbocycles. The average Bonchev–Trinajstić information content (AvgIpc) is 2.78. The number of hydrogen-bond donors (Lipinski definition) is 1. The highest BCUT2D eigenvalue weighted by atomic mass is 16.3. The van der Waals surface area contributed by atoms with Crippen LogP contribution in [-0.4, -0.2) is 9.55 Å². The van der Waals surface area contributed by atoms with Gasteiger partial charge in [0, 0.05) is 25.4 Å². The molecule has 1 N–H and O–H groups in total. The van der Waals surface area contributed by atoms with Crippen LogP contribution in [0, 0.1) is 5.92 Å². The van der Waals surface area contributed by atoms with Crippen molar-refractivity contribution in [3.05, 3.63) is 41.9 Å². The Balaban J connectivity index is 1.51. The Hall–Kier alpha value is -1.55. The first-order chi connectivity index (χ1) is 8.74. The number of aryl methyl sites for hydroxylation is 1. The van der Waals surface area contributed by atoms with E-state index in [9.17, 15) is 0 Å². The Labute approximate surface area is 107 Å². The van der Waals surface area contributed by atoms with Crippen LogP contribution in [0.2, 0.25) is 0 Å². The molecule has 0 bridgehead atoms. The molecule has 2 atom stereocenters. The molecular formula is C14H19N3O. The summed E-state index contributed by atoms with van der Waals surface area (Å²) >= 11 is 0. The van der Waals surface area contributed by atoms with Crippen molar-refractivity contribution in [3.8, 4) is 0 Å². The number of hydrogen-bond acceptors (Lipinski definition) is 3. The quantitative estimate of drug-likeness (QED) is 0.879. The topological polar surface area (TPSA) is 43.0 Å². The third-order valence-corrected chi connectivity index (χ3v) is 3.66. The Morgan fingerprint density at radius 2 is 2.28 bits per heavy atom. The smallest absolute Gasteiger partial charge is 0.122 e. The summed E-state index contributed by atoms with van der Waals surface area (Å²) in [5, 5.41) is 3.35. The first-order valence-electron chi connectivity index (χ1n) is 6.49. The van der Waals surface area contributed by atoms with E-state index in [-0.39, 0.29) is 0 Å². The van der Waals surface area contributed by atoms with E-state index >= 15 is 0 Å². The van der Waals surface area contributed by atoms with Crippen molar-refractivity contribution in [2.75, 3.05) is 0 Å². The van der Waals surface area contributed by atoms with Gasteiger partial charge in [-0.2, -0.15) is 0 Å². The molecular weight excluding hydrogens is 226 g/mol. The lowest BCUT2D eigenvalue weighted by atomic mass is 10.3. The molecule has 1 aliphatic rings.